The number of hydrogen-bond acceptors (Lipinski definition) is 4. The minimum absolute atomic E-state index is 0.0826. The van der Waals surface area contributed by atoms with Gasteiger partial charge in [-0.15, -0.1) is 0 Å². The van der Waals surface area contributed by atoms with E-state index in [1.807, 2.05) is 12.1 Å². The van der Waals surface area contributed by atoms with Crippen LogP contribution in [0.3, 0.4) is 0 Å². The second kappa shape index (κ2) is 15.0. The van der Waals surface area contributed by atoms with Crippen molar-refractivity contribution in [3.63, 3.8) is 0 Å². The molecule has 0 aliphatic rings. The number of hydrogen-bond donors (Lipinski definition) is 1. The smallest absolute Gasteiger partial charge is 0.338 e. The van der Waals surface area contributed by atoms with Crippen LogP contribution in [0, 0.1) is 17.7 Å². The fourth-order valence-electron chi connectivity index (χ4n) is 3.95. The van der Waals surface area contributed by atoms with Gasteiger partial charge < -0.3 is 5.11 Å². The van der Waals surface area contributed by atoms with E-state index in [0.29, 0.717) is 23.4 Å². The molecule has 0 atom stereocenters. The summed E-state index contributed by atoms with van der Waals surface area (Å²) in [7, 11) is -3.36. The van der Waals surface area contributed by atoms with Crippen molar-refractivity contribution in [2.75, 3.05) is 12.3 Å². The van der Waals surface area contributed by atoms with Crippen molar-refractivity contribution in [1.82, 2.24) is 0 Å². The summed E-state index contributed by atoms with van der Waals surface area (Å²) in [5, 5.41) is 8.98. The lowest BCUT2D eigenvalue weighted by Crippen LogP contribution is -2.06. The normalized spacial score (nSPS) is 11.3. The number of rotatable bonds is 13. The molecular weight excluding hydrogens is 513 g/mol. The molecule has 7 heteroatoms. The van der Waals surface area contributed by atoms with Crippen molar-refractivity contribution in [3.8, 4) is 11.8 Å². The number of halogens is 1. The Morgan fingerprint density at radius 1 is 0.897 bits per heavy atom. The minimum atomic E-state index is -3.36. The van der Waals surface area contributed by atoms with Crippen LogP contribution in [-0.2, 0) is 16.3 Å². The fraction of sp³-hybridized carbons (Fsp3) is 0.312. The number of carboxylic acids is 1. The van der Waals surface area contributed by atoms with Crippen molar-refractivity contribution in [2.24, 2.45) is 4.99 Å². The maximum absolute atomic E-state index is 13.4. The van der Waals surface area contributed by atoms with Crippen molar-refractivity contribution in [2.45, 2.75) is 56.8 Å². The van der Waals surface area contributed by atoms with Crippen molar-refractivity contribution in [1.29, 1.82) is 0 Å². The highest BCUT2D eigenvalue weighted by Crippen LogP contribution is 2.15. The molecule has 0 unspecified atom stereocenters. The largest absolute Gasteiger partial charge is 0.478 e. The lowest BCUT2D eigenvalue weighted by Gasteiger charge is -2.05. The number of carbonyl (C=O) groups is 1. The van der Waals surface area contributed by atoms with Crippen LogP contribution in [0.4, 0.5) is 4.39 Å². The topological polar surface area (TPSA) is 83.8 Å². The van der Waals surface area contributed by atoms with Crippen LogP contribution in [0.2, 0.25) is 0 Å². The zero-order valence-corrected chi connectivity index (χ0v) is 23.0. The first-order valence-corrected chi connectivity index (χ1v) is 14.9. The Hall–Kier alpha value is -3.76. The molecule has 0 radical (unpaired) electrons. The Balaban J connectivity index is 1.40. The molecule has 204 valence electrons. The highest BCUT2D eigenvalue weighted by molar-refractivity contribution is 7.91. The average Bonchev–Trinajstić information content (AvgIpc) is 2.93. The first-order chi connectivity index (χ1) is 18.8. The molecule has 0 bridgehead atoms. The number of benzene rings is 3. The second-order valence-electron chi connectivity index (χ2n) is 9.39. The highest BCUT2D eigenvalue weighted by Gasteiger charge is 2.13. The van der Waals surface area contributed by atoms with E-state index in [9.17, 15) is 17.6 Å². The number of aryl methyl sites for hydroxylation is 1. The summed E-state index contributed by atoms with van der Waals surface area (Å²) in [6, 6.07) is 18.8. The lowest BCUT2D eigenvalue weighted by molar-refractivity contribution is 0.0692. The summed E-state index contributed by atoms with van der Waals surface area (Å²) < 4.78 is 38.8. The Morgan fingerprint density at radius 3 is 2.18 bits per heavy atom. The van der Waals surface area contributed by atoms with E-state index < -0.39 is 21.6 Å². The second-order valence-corrected chi connectivity index (χ2v) is 11.5. The first-order valence-electron chi connectivity index (χ1n) is 13.2. The monoisotopic (exact) mass is 547 g/mol. The molecule has 3 aromatic rings. The van der Waals surface area contributed by atoms with E-state index >= 15 is 0 Å². The number of nitrogens with zero attached hydrogens (tertiary/aromatic N) is 1. The Labute approximate surface area is 230 Å². The summed E-state index contributed by atoms with van der Waals surface area (Å²) in [4.78, 5) is 15.6. The van der Waals surface area contributed by atoms with Gasteiger partial charge >= 0.3 is 5.97 Å². The van der Waals surface area contributed by atoms with Crippen LogP contribution in [0.5, 0.6) is 0 Å². The molecule has 0 spiro atoms. The number of carboxylic acid groups (broad SMARTS) is 1. The maximum Gasteiger partial charge on any atom is 0.338 e. The van der Waals surface area contributed by atoms with Gasteiger partial charge in [-0.1, -0.05) is 56.2 Å². The summed E-state index contributed by atoms with van der Waals surface area (Å²) in [5.41, 5.74) is 3.15. The molecule has 0 saturated carbocycles. The lowest BCUT2D eigenvalue weighted by atomic mass is 10.1. The molecule has 0 amide bonds. The van der Waals surface area contributed by atoms with Gasteiger partial charge in [0, 0.05) is 23.9 Å². The van der Waals surface area contributed by atoms with Gasteiger partial charge in [-0.2, -0.15) is 0 Å². The van der Waals surface area contributed by atoms with Gasteiger partial charge in [0.2, 0.25) is 0 Å². The Kier molecular flexibility index (Phi) is 11.4. The molecule has 0 saturated heterocycles. The van der Waals surface area contributed by atoms with Gasteiger partial charge in [-0.05, 0) is 85.3 Å². The Bertz CT molecular complexity index is 1430. The van der Waals surface area contributed by atoms with Crippen LogP contribution < -0.4 is 0 Å². The predicted octanol–water partition coefficient (Wildman–Crippen LogP) is 6.72. The summed E-state index contributed by atoms with van der Waals surface area (Å²) in [5.74, 6) is 4.22. The zero-order chi connectivity index (χ0) is 28.1. The molecule has 1 N–H and O–H groups in total. The summed E-state index contributed by atoms with van der Waals surface area (Å²) >= 11 is 0. The van der Waals surface area contributed by atoms with Crippen LogP contribution in [0.1, 0.15) is 78.1 Å². The molecule has 5 nitrogen and oxygen atoms in total. The van der Waals surface area contributed by atoms with Gasteiger partial charge in [0.15, 0.2) is 9.84 Å². The minimum Gasteiger partial charge on any atom is -0.478 e. The average molecular weight is 548 g/mol. The van der Waals surface area contributed by atoms with E-state index in [2.05, 4.69) is 35.9 Å². The van der Waals surface area contributed by atoms with Crippen molar-refractivity contribution < 1.29 is 22.7 Å². The van der Waals surface area contributed by atoms with Gasteiger partial charge in [0.05, 0.1) is 16.2 Å². The van der Waals surface area contributed by atoms with Gasteiger partial charge in [0.25, 0.3) is 0 Å². The fourth-order valence-corrected chi connectivity index (χ4v) is 5.32. The van der Waals surface area contributed by atoms with Crippen LogP contribution in [0.15, 0.2) is 76.6 Å². The van der Waals surface area contributed by atoms with E-state index in [4.69, 9.17) is 5.11 Å². The number of unbranched alkanes of at least 4 members (excludes halogenated alkanes) is 4. The molecule has 0 aliphatic heterocycles. The van der Waals surface area contributed by atoms with Crippen LogP contribution in [-0.4, -0.2) is 38.0 Å². The van der Waals surface area contributed by atoms with E-state index in [0.717, 1.165) is 42.9 Å². The third-order valence-corrected chi connectivity index (χ3v) is 8.07. The number of sulfone groups is 1. The molecule has 39 heavy (non-hydrogen) atoms. The third kappa shape index (κ3) is 9.81. The molecule has 0 aromatic heterocycles. The standard InChI is InChI=1S/C32H34FNO4S/c1-2-3-8-25-9-11-26(12-10-25)13-14-27-15-18-29(19-16-27)39(37,38)22-7-5-4-6-21-34-24-28-17-20-31(33)30(23-28)32(35)36/h9-12,15-20,23-24H,2-8,21-22H2,1H3,(H,35,36). The molecule has 3 rings (SSSR count). The zero-order valence-electron chi connectivity index (χ0n) is 22.2. The maximum atomic E-state index is 13.4. The number of aromatic carboxylic acids is 1. The predicted molar refractivity (Wildman–Crippen MR) is 154 cm³/mol. The van der Waals surface area contributed by atoms with Gasteiger partial charge in [-0.25, -0.2) is 17.6 Å². The first kappa shape index (κ1) is 29.8. The molecular formula is C32H34FNO4S. The van der Waals surface area contributed by atoms with E-state index in [1.54, 1.807) is 24.3 Å². The van der Waals surface area contributed by atoms with Crippen molar-refractivity contribution >= 4 is 22.0 Å². The van der Waals surface area contributed by atoms with Gasteiger partial charge in [-0.3, -0.25) is 4.99 Å². The third-order valence-electron chi connectivity index (χ3n) is 6.25. The SMILES string of the molecule is CCCCc1ccc(C#Cc2ccc(S(=O)(=O)CCCCCCN=Cc3ccc(F)c(C(=O)O)c3)cc2)cc1. The van der Waals surface area contributed by atoms with Gasteiger partial charge in [0.1, 0.15) is 5.82 Å². The number of aliphatic imine (C=N–C) groups is 1. The molecule has 0 aliphatic carbocycles. The quantitative estimate of drug-likeness (QED) is 0.146. The Morgan fingerprint density at radius 2 is 1.54 bits per heavy atom. The summed E-state index contributed by atoms with van der Waals surface area (Å²) in [6.07, 6.45) is 7.86. The van der Waals surface area contributed by atoms with E-state index in [-0.39, 0.29) is 11.3 Å². The highest BCUT2D eigenvalue weighted by atomic mass is 32.2. The summed E-state index contributed by atoms with van der Waals surface area (Å²) in [6.45, 7) is 2.70. The van der Waals surface area contributed by atoms with Crippen LogP contribution in [0.25, 0.3) is 0 Å². The van der Waals surface area contributed by atoms with Crippen LogP contribution >= 0.6 is 0 Å². The van der Waals surface area contributed by atoms with E-state index in [1.165, 1.54) is 36.8 Å². The molecule has 3 aromatic carbocycles. The molecule has 0 heterocycles. The van der Waals surface area contributed by atoms with Crippen molar-refractivity contribution in [3.05, 3.63) is 100 Å². The molecule has 0 fully saturated rings.